The molecule has 0 saturated carbocycles. The molecule has 0 spiro atoms. The average molecular weight is 238 g/mol. The number of carbonyl (C=O) groups is 1. The van der Waals surface area contributed by atoms with E-state index in [9.17, 15) is 15.0 Å². The Labute approximate surface area is 101 Å². The van der Waals surface area contributed by atoms with Gasteiger partial charge in [0.2, 0.25) is 0 Å². The smallest absolute Gasteiger partial charge is 0.339 e. The molecule has 3 N–H and O–H groups in total. The molecule has 0 unspecified atom stereocenters. The van der Waals surface area contributed by atoms with Crippen LogP contribution in [-0.4, -0.2) is 21.3 Å². The summed E-state index contributed by atoms with van der Waals surface area (Å²) in [6.07, 6.45) is 2.86. The number of carboxylic acid groups (broad SMARTS) is 1. The molecule has 0 fully saturated rings. The molecule has 0 heterocycles. The number of aryl methyl sites for hydroxylation is 1. The van der Waals surface area contributed by atoms with E-state index in [-0.39, 0.29) is 17.1 Å². The Kier molecular flexibility index (Phi) is 4.37. The Morgan fingerprint density at radius 3 is 2.35 bits per heavy atom. The highest BCUT2D eigenvalue weighted by molar-refractivity contribution is 5.92. The average Bonchev–Trinajstić information content (AvgIpc) is 2.28. The van der Waals surface area contributed by atoms with Crippen LogP contribution in [0.1, 0.15) is 48.2 Å². The Morgan fingerprint density at radius 1 is 1.24 bits per heavy atom. The first-order chi connectivity index (χ1) is 8.02. The molecule has 0 amide bonds. The van der Waals surface area contributed by atoms with E-state index in [0.29, 0.717) is 24.0 Å². The van der Waals surface area contributed by atoms with Crippen molar-refractivity contribution in [3.8, 4) is 11.5 Å². The van der Waals surface area contributed by atoms with Gasteiger partial charge in [0, 0.05) is 5.56 Å². The van der Waals surface area contributed by atoms with Gasteiger partial charge in [-0.05, 0) is 30.9 Å². The van der Waals surface area contributed by atoms with Crippen LogP contribution in [0.4, 0.5) is 0 Å². The third kappa shape index (κ3) is 2.70. The highest BCUT2D eigenvalue weighted by Gasteiger charge is 2.19. The molecule has 0 bridgehead atoms. The van der Waals surface area contributed by atoms with Crippen LogP contribution >= 0.6 is 0 Å². The van der Waals surface area contributed by atoms with Crippen molar-refractivity contribution in [2.75, 3.05) is 0 Å². The number of carboxylic acids is 1. The summed E-state index contributed by atoms with van der Waals surface area (Å²) in [5.74, 6) is -1.46. The first-order valence-corrected chi connectivity index (χ1v) is 5.82. The van der Waals surface area contributed by atoms with Crippen molar-refractivity contribution in [1.82, 2.24) is 0 Å². The largest absolute Gasteiger partial charge is 0.507 e. The minimum absolute atomic E-state index is 0.0310. The quantitative estimate of drug-likeness (QED) is 0.737. The Hall–Kier alpha value is -1.71. The second kappa shape index (κ2) is 5.57. The van der Waals surface area contributed by atoms with Gasteiger partial charge in [-0.2, -0.15) is 0 Å². The second-order valence-electron chi connectivity index (χ2n) is 4.02. The van der Waals surface area contributed by atoms with E-state index < -0.39 is 5.97 Å². The van der Waals surface area contributed by atoms with Crippen LogP contribution in [0.3, 0.4) is 0 Å². The number of hydrogen-bond donors (Lipinski definition) is 3. The van der Waals surface area contributed by atoms with E-state index in [4.69, 9.17) is 5.11 Å². The maximum absolute atomic E-state index is 11.0. The van der Waals surface area contributed by atoms with Gasteiger partial charge in [0.1, 0.15) is 17.1 Å². The zero-order chi connectivity index (χ0) is 13.0. The number of aromatic carboxylic acids is 1. The van der Waals surface area contributed by atoms with Crippen LogP contribution in [0, 0.1) is 0 Å². The van der Waals surface area contributed by atoms with Gasteiger partial charge in [-0.25, -0.2) is 4.79 Å². The maximum Gasteiger partial charge on any atom is 0.339 e. The third-order valence-electron chi connectivity index (χ3n) is 2.83. The first-order valence-electron chi connectivity index (χ1n) is 5.82. The van der Waals surface area contributed by atoms with Crippen molar-refractivity contribution in [3.63, 3.8) is 0 Å². The molecule has 0 aliphatic carbocycles. The van der Waals surface area contributed by atoms with Crippen LogP contribution in [0.5, 0.6) is 11.5 Å². The number of phenolic OH excluding ortho intramolecular Hbond substituents is 1. The van der Waals surface area contributed by atoms with Crippen LogP contribution in [0.25, 0.3) is 0 Å². The number of aromatic hydroxyl groups is 2. The van der Waals surface area contributed by atoms with Gasteiger partial charge in [0.05, 0.1) is 0 Å². The molecule has 0 aromatic heterocycles. The predicted molar refractivity (Wildman–Crippen MR) is 64.7 cm³/mol. The molecule has 4 nitrogen and oxygen atoms in total. The lowest BCUT2D eigenvalue weighted by atomic mass is 9.97. The Bertz CT molecular complexity index is 424. The van der Waals surface area contributed by atoms with Crippen LogP contribution in [-0.2, 0) is 12.8 Å². The summed E-state index contributed by atoms with van der Waals surface area (Å²) in [6.45, 7) is 3.79. The lowest BCUT2D eigenvalue weighted by Gasteiger charge is -2.12. The molecule has 0 radical (unpaired) electrons. The number of unbranched alkanes of at least 4 members (excludes halogenated alkanes) is 1. The summed E-state index contributed by atoms with van der Waals surface area (Å²) < 4.78 is 0. The van der Waals surface area contributed by atoms with Gasteiger partial charge in [0.15, 0.2) is 0 Å². The molecule has 0 atom stereocenters. The highest BCUT2D eigenvalue weighted by atomic mass is 16.4. The van der Waals surface area contributed by atoms with Crippen molar-refractivity contribution in [2.45, 2.75) is 39.5 Å². The van der Waals surface area contributed by atoms with Crippen molar-refractivity contribution in [3.05, 3.63) is 22.8 Å². The molecule has 17 heavy (non-hydrogen) atoms. The van der Waals surface area contributed by atoms with E-state index in [1.165, 1.54) is 6.07 Å². The van der Waals surface area contributed by atoms with Gasteiger partial charge in [-0.15, -0.1) is 0 Å². The van der Waals surface area contributed by atoms with E-state index in [2.05, 4.69) is 0 Å². The summed E-state index contributed by atoms with van der Waals surface area (Å²) in [5, 5.41) is 28.7. The van der Waals surface area contributed by atoms with Crippen molar-refractivity contribution in [2.24, 2.45) is 0 Å². The minimum atomic E-state index is -1.17. The van der Waals surface area contributed by atoms with Gasteiger partial charge < -0.3 is 15.3 Å². The zero-order valence-electron chi connectivity index (χ0n) is 10.2. The van der Waals surface area contributed by atoms with Gasteiger partial charge in [-0.3, -0.25) is 0 Å². The second-order valence-corrected chi connectivity index (χ2v) is 4.02. The summed E-state index contributed by atoms with van der Waals surface area (Å²) in [4.78, 5) is 11.0. The number of phenols is 2. The molecule has 94 valence electrons. The van der Waals surface area contributed by atoms with Gasteiger partial charge in [-0.1, -0.05) is 20.3 Å². The molecule has 1 rings (SSSR count). The zero-order valence-corrected chi connectivity index (χ0v) is 10.2. The minimum Gasteiger partial charge on any atom is -0.507 e. The Morgan fingerprint density at radius 2 is 1.88 bits per heavy atom. The van der Waals surface area contributed by atoms with Gasteiger partial charge >= 0.3 is 5.97 Å². The van der Waals surface area contributed by atoms with E-state index in [1.54, 1.807) is 6.92 Å². The molecular formula is C13H18O4. The standard InChI is InChI=1S/C13H18O4/c1-3-5-6-8-7-10(13(16)17)12(15)9(4-2)11(8)14/h7,14-15H,3-6H2,1-2H3,(H,16,17). The normalized spacial score (nSPS) is 10.5. The molecule has 1 aromatic rings. The van der Waals surface area contributed by atoms with Crippen LogP contribution in [0.15, 0.2) is 6.07 Å². The molecule has 4 heteroatoms. The summed E-state index contributed by atoms with van der Waals surface area (Å²) >= 11 is 0. The summed E-state index contributed by atoms with van der Waals surface area (Å²) in [6, 6.07) is 1.36. The van der Waals surface area contributed by atoms with Crippen molar-refractivity contribution in [1.29, 1.82) is 0 Å². The fourth-order valence-electron chi connectivity index (χ4n) is 1.84. The molecular weight excluding hydrogens is 220 g/mol. The van der Waals surface area contributed by atoms with E-state index in [0.717, 1.165) is 12.8 Å². The highest BCUT2D eigenvalue weighted by Crippen LogP contribution is 2.35. The first kappa shape index (κ1) is 13.4. The lowest BCUT2D eigenvalue weighted by Crippen LogP contribution is -2.02. The van der Waals surface area contributed by atoms with Gasteiger partial charge in [0.25, 0.3) is 0 Å². The Balaban J connectivity index is 3.31. The van der Waals surface area contributed by atoms with Crippen molar-refractivity contribution >= 4 is 5.97 Å². The van der Waals surface area contributed by atoms with E-state index >= 15 is 0 Å². The maximum atomic E-state index is 11.0. The molecule has 0 aliphatic heterocycles. The van der Waals surface area contributed by atoms with E-state index in [1.807, 2.05) is 6.92 Å². The molecule has 0 aliphatic rings. The number of hydrogen-bond acceptors (Lipinski definition) is 3. The molecule has 0 saturated heterocycles. The summed E-state index contributed by atoms with van der Waals surface area (Å²) in [5.41, 5.74) is 0.778. The number of benzene rings is 1. The third-order valence-corrected chi connectivity index (χ3v) is 2.83. The van der Waals surface area contributed by atoms with Crippen molar-refractivity contribution < 1.29 is 20.1 Å². The number of rotatable bonds is 5. The topological polar surface area (TPSA) is 77.8 Å². The lowest BCUT2D eigenvalue weighted by molar-refractivity contribution is 0.0693. The van der Waals surface area contributed by atoms with Crippen LogP contribution in [0.2, 0.25) is 0 Å². The summed E-state index contributed by atoms with van der Waals surface area (Å²) in [7, 11) is 0. The predicted octanol–water partition coefficient (Wildman–Crippen LogP) is 2.70. The SMILES string of the molecule is CCCCc1cc(C(=O)O)c(O)c(CC)c1O. The fourth-order valence-corrected chi connectivity index (χ4v) is 1.84. The van der Waals surface area contributed by atoms with Crippen LogP contribution < -0.4 is 0 Å². The molecule has 1 aromatic carbocycles. The monoisotopic (exact) mass is 238 g/mol. The fraction of sp³-hybridized carbons (Fsp3) is 0.462.